The molecule has 2 heterocycles. The molecule has 3 rings (SSSR count). The molecule has 0 bridgehead atoms. The van der Waals surface area contributed by atoms with Crippen LogP contribution in [0.4, 0.5) is 5.82 Å². The number of piperazine rings is 1. The standard InChI is InChI=1S/C17H20N4OS/c1-23-13-14-2-4-15(5-3-14)17(22)21-10-8-20(9-11-21)16-12-18-6-7-19-16/h2-7,12H,8-11,13H2,1H3. The SMILES string of the molecule is CSCc1ccc(C(=O)N2CCN(c3cnccn3)CC2)cc1. The highest BCUT2D eigenvalue weighted by atomic mass is 32.2. The molecule has 0 aliphatic carbocycles. The third-order valence-corrected chi connectivity index (χ3v) is 4.57. The van der Waals surface area contributed by atoms with Crippen molar-refractivity contribution in [2.75, 3.05) is 37.3 Å². The van der Waals surface area contributed by atoms with Crippen LogP contribution in [0.2, 0.25) is 0 Å². The molecular weight excluding hydrogens is 308 g/mol. The molecule has 1 aromatic carbocycles. The van der Waals surface area contributed by atoms with E-state index in [2.05, 4.69) is 21.1 Å². The zero-order chi connectivity index (χ0) is 16.1. The highest BCUT2D eigenvalue weighted by Crippen LogP contribution is 2.15. The maximum Gasteiger partial charge on any atom is 0.253 e. The van der Waals surface area contributed by atoms with Crippen LogP contribution in [0.1, 0.15) is 15.9 Å². The van der Waals surface area contributed by atoms with E-state index in [-0.39, 0.29) is 5.91 Å². The summed E-state index contributed by atoms with van der Waals surface area (Å²) in [6, 6.07) is 7.95. The maximum absolute atomic E-state index is 12.6. The van der Waals surface area contributed by atoms with E-state index in [4.69, 9.17) is 0 Å². The Labute approximate surface area is 140 Å². The van der Waals surface area contributed by atoms with Crippen molar-refractivity contribution in [3.8, 4) is 0 Å². The van der Waals surface area contributed by atoms with Crippen molar-refractivity contribution in [2.24, 2.45) is 0 Å². The van der Waals surface area contributed by atoms with Crippen LogP contribution in [0.25, 0.3) is 0 Å². The number of aromatic nitrogens is 2. The fourth-order valence-corrected chi connectivity index (χ4v) is 3.21. The molecule has 1 aromatic heterocycles. The van der Waals surface area contributed by atoms with Crippen LogP contribution in [-0.4, -0.2) is 53.2 Å². The van der Waals surface area contributed by atoms with Crippen LogP contribution in [0.15, 0.2) is 42.9 Å². The van der Waals surface area contributed by atoms with Gasteiger partial charge in [-0.3, -0.25) is 9.78 Å². The van der Waals surface area contributed by atoms with Crippen molar-refractivity contribution in [1.82, 2.24) is 14.9 Å². The number of nitrogens with zero attached hydrogens (tertiary/aromatic N) is 4. The van der Waals surface area contributed by atoms with E-state index >= 15 is 0 Å². The van der Waals surface area contributed by atoms with E-state index < -0.39 is 0 Å². The monoisotopic (exact) mass is 328 g/mol. The molecule has 1 saturated heterocycles. The van der Waals surface area contributed by atoms with Crippen LogP contribution >= 0.6 is 11.8 Å². The van der Waals surface area contributed by atoms with Gasteiger partial charge < -0.3 is 9.80 Å². The first-order valence-corrected chi connectivity index (χ1v) is 9.05. The van der Waals surface area contributed by atoms with Crippen LogP contribution in [-0.2, 0) is 5.75 Å². The molecule has 0 radical (unpaired) electrons. The summed E-state index contributed by atoms with van der Waals surface area (Å²) >= 11 is 1.78. The number of carbonyl (C=O) groups excluding carboxylic acids is 1. The molecule has 2 aromatic rings. The number of anilines is 1. The summed E-state index contributed by atoms with van der Waals surface area (Å²) in [6.07, 6.45) is 7.21. The first-order chi connectivity index (χ1) is 11.3. The zero-order valence-electron chi connectivity index (χ0n) is 13.2. The van der Waals surface area contributed by atoms with Gasteiger partial charge in [0.05, 0.1) is 6.20 Å². The second kappa shape index (κ2) is 7.46. The Bertz CT molecular complexity index is 639. The number of hydrogen-bond donors (Lipinski definition) is 0. The highest BCUT2D eigenvalue weighted by molar-refractivity contribution is 7.97. The van der Waals surface area contributed by atoms with Crippen molar-refractivity contribution < 1.29 is 4.79 Å². The lowest BCUT2D eigenvalue weighted by Crippen LogP contribution is -2.49. The Hall–Kier alpha value is -2.08. The number of hydrogen-bond acceptors (Lipinski definition) is 5. The third kappa shape index (κ3) is 3.82. The minimum absolute atomic E-state index is 0.111. The lowest BCUT2D eigenvalue weighted by atomic mass is 10.1. The molecule has 23 heavy (non-hydrogen) atoms. The summed E-state index contributed by atoms with van der Waals surface area (Å²) in [5, 5.41) is 0. The van der Waals surface area contributed by atoms with E-state index in [1.807, 2.05) is 29.2 Å². The normalized spacial score (nSPS) is 14.8. The van der Waals surface area contributed by atoms with Crippen molar-refractivity contribution in [3.63, 3.8) is 0 Å². The van der Waals surface area contributed by atoms with Gasteiger partial charge >= 0.3 is 0 Å². The Kier molecular flexibility index (Phi) is 5.12. The molecular formula is C17H20N4OS. The molecule has 6 heteroatoms. The quantitative estimate of drug-likeness (QED) is 0.862. The summed E-state index contributed by atoms with van der Waals surface area (Å²) in [5.41, 5.74) is 2.02. The second-order valence-electron chi connectivity index (χ2n) is 5.47. The largest absolute Gasteiger partial charge is 0.352 e. The van der Waals surface area contributed by atoms with Gasteiger partial charge in [0.2, 0.25) is 0 Å². The van der Waals surface area contributed by atoms with Crippen molar-refractivity contribution in [3.05, 3.63) is 54.0 Å². The van der Waals surface area contributed by atoms with E-state index in [1.54, 1.807) is 30.4 Å². The molecule has 1 fully saturated rings. The van der Waals surface area contributed by atoms with E-state index in [9.17, 15) is 4.79 Å². The van der Waals surface area contributed by atoms with Gasteiger partial charge in [-0.05, 0) is 24.0 Å². The Morgan fingerprint density at radius 1 is 1.13 bits per heavy atom. The number of benzene rings is 1. The van der Waals surface area contributed by atoms with Gasteiger partial charge in [0.15, 0.2) is 0 Å². The smallest absolute Gasteiger partial charge is 0.253 e. The molecule has 1 amide bonds. The fraction of sp³-hybridized carbons (Fsp3) is 0.353. The molecule has 120 valence electrons. The molecule has 0 spiro atoms. The maximum atomic E-state index is 12.6. The Morgan fingerprint density at radius 3 is 2.48 bits per heavy atom. The molecule has 0 saturated carbocycles. The third-order valence-electron chi connectivity index (χ3n) is 3.95. The van der Waals surface area contributed by atoms with Crippen molar-refractivity contribution >= 4 is 23.5 Å². The number of amides is 1. The number of carbonyl (C=O) groups is 1. The summed E-state index contributed by atoms with van der Waals surface area (Å²) in [5.74, 6) is 1.96. The molecule has 0 N–H and O–H groups in total. The average molecular weight is 328 g/mol. The molecule has 5 nitrogen and oxygen atoms in total. The van der Waals surface area contributed by atoms with Gasteiger partial charge in [0.25, 0.3) is 5.91 Å². The van der Waals surface area contributed by atoms with Gasteiger partial charge in [-0.2, -0.15) is 11.8 Å². The van der Waals surface area contributed by atoms with Crippen LogP contribution in [0, 0.1) is 0 Å². The first-order valence-electron chi connectivity index (χ1n) is 7.66. The number of rotatable bonds is 4. The summed E-state index contributed by atoms with van der Waals surface area (Å²) < 4.78 is 0. The van der Waals surface area contributed by atoms with Crippen LogP contribution in [0.5, 0.6) is 0 Å². The van der Waals surface area contributed by atoms with Crippen LogP contribution < -0.4 is 4.90 Å². The lowest BCUT2D eigenvalue weighted by Gasteiger charge is -2.35. The van der Waals surface area contributed by atoms with E-state index in [0.717, 1.165) is 30.2 Å². The average Bonchev–Trinajstić information content (AvgIpc) is 2.63. The summed E-state index contributed by atoms with van der Waals surface area (Å²) in [7, 11) is 0. The lowest BCUT2D eigenvalue weighted by molar-refractivity contribution is 0.0746. The zero-order valence-corrected chi connectivity index (χ0v) is 14.0. The summed E-state index contributed by atoms with van der Waals surface area (Å²) in [6.45, 7) is 2.99. The van der Waals surface area contributed by atoms with Gasteiger partial charge in [0, 0.05) is 49.9 Å². The minimum Gasteiger partial charge on any atom is -0.352 e. The first kappa shape index (κ1) is 15.8. The van der Waals surface area contributed by atoms with Crippen molar-refractivity contribution in [1.29, 1.82) is 0 Å². The van der Waals surface area contributed by atoms with Gasteiger partial charge in [-0.1, -0.05) is 12.1 Å². The topological polar surface area (TPSA) is 49.3 Å². The fourth-order valence-electron chi connectivity index (χ4n) is 2.69. The summed E-state index contributed by atoms with van der Waals surface area (Å²) in [4.78, 5) is 25.1. The van der Waals surface area contributed by atoms with Gasteiger partial charge in [-0.25, -0.2) is 4.98 Å². The predicted molar refractivity (Wildman–Crippen MR) is 93.8 cm³/mol. The minimum atomic E-state index is 0.111. The second-order valence-corrected chi connectivity index (χ2v) is 6.34. The Balaban J connectivity index is 1.59. The molecule has 1 aliphatic rings. The van der Waals surface area contributed by atoms with Crippen molar-refractivity contribution in [2.45, 2.75) is 5.75 Å². The predicted octanol–water partition coefficient (Wildman–Crippen LogP) is 2.30. The van der Waals surface area contributed by atoms with Gasteiger partial charge in [-0.15, -0.1) is 0 Å². The highest BCUT2D eigenvalue weighted by Gasteiger charge is 2.22. The van der Waals surface area contributed by atoms with Gasteiger partial charge in [0.1, 0.15) is 5.82 Å². The van der Waals surface area contributed by atoms with E-state index in [0.29, 0.717) is 13.1 Å². The molecule has 0 unspecified atom stereocenters. The molecule has 1 aliphatic heterocycles. The molecule has 0 atom stereocenters. The number of thioether (sulfide) groups is 1. The van der Waals surface area contributed by atoms with Crippen LogP contribution in [0.3, 0.4) is 0 Å². The van der Waals surface area contributed by atoms with E-state index in [1.165, 1.54) is 5.56 Å². The Morgan fingerprint density at radius 2 is 1.87 bits per heavy atom.